The second-order valence-electron chi connectivity index (χ2n) is 17.0. The SMILES string of the molecule is CC(C)c1cc(F)cc(C(C)CCC(C)c2cc(F)cc(C(C)C)c2NC(=O)N=[S@@](N)(=O)c2ccc(C(C)(C)O)cc2)c1NC(=O)N=S(N)(=O)c1ccc(C(C)(C)O)cc1. The number of nitrogens with two attached hydrogens (primary N) is 2. The van der Waals surface area contributed by atoms with E-state index < -0.39 is 54.7 Å². The van der Waals surface area contributed by atoms with E-state index in [1.807, 2.05) is 41.5 Å². The molecule has 4 atom stereocenters. The minimum Gasteiger partial charge on any atom is -0.386 e. The van der Waals surface area contributed by atoms with Gasteiger partial charge in [0.25, 0.3) is 0 Å². The summed E-state index contributed by atoms with van der Waals surface area (Å²) in [5.74, 6) is -2.31. The second kappa shape index (κ2) is 18.6. The summed E-state index contributed by atoms with van der Waals surface area (Å²) >= 11 is 0. The van der Waals surface area contributed by atoms with Gasteiger partial charge < -0.3 is 20.8 Å². The number of carbonyl (C=O) groups excluding carboxylic acids is 2. The zero-order chi connectivity index (χ0) is 45.1. The maximum atomic E-state index is 15.2. The van der Waals surface area contributed by atoms with Crippen molar-refractivity contribution in [3.05, 3.63) is 118 Å². The van der Waals surface area contributed by atoms with Gasteiger partial charge in [0.05, 0.1) is 21.0 Å². The van der Waals surface area contributed by atoms with Crippen LogP contribution in [-0.4, -0.2) is 30.7 Å². The number of rotatable bonds is 13. The van der Waals surface area contributed by atoms with Crippen LogP contribution < -0.4 is 20.9 Å². The molecule has 12 nitrogen and oxygen atoms in total. The molecule has 0 bridgehead atoms. The molecule has 0 saturated heterocycles. The molecular weight excluding hydrogens is 811 g/mol. The number of hydrogen-bond donors (Lipinski definition) is 6. The topological polar surface area (TPSA) is 210 Å². The van der Waals surface area contributed by atoms with Crippen LogP contribution in [0.15, 0.2) is 91.3 Å². The highest BCUT2D eigenvalue weighted by Gasteiger charge is 2.25. The van der Waals surface area contributed by atoms with Crippen molar-refractivity contribution < 1.29 is 37.0 Å². The molecule has 4 aromatic rings. The molecule has 0 radical (unpaired) electrons. The lowest BCUT2D eigenvalue weighted by atomic mass is 9.84. The zero-order valence-electron chi connectivity index (χ0n) is 35.8. The number of amides is 4. The number of hydrogen-bond acceptors (Lipinski definition) is 6. The first-order valence-electron chi connectivity index (χ1n) is 19.6. The maximum Gasteiger partial charge on any atom is 0.354 e. The molecule has 326 valence electrons. The number of halogens is 2. The summed E-state index contributed by atoms with van der Waals surface area (Å²) in [6.45, 7) is 17.4. The Bertz CT molecular complexity index is 2310. The van der Waals surface area contributed by atoms with Gasteiger partial charge in [-0.1, -0.05) is 65.8 Å². The lowest BCUT2D eigenvalue weighted by Crippen LogP contribution is -2.20. The lowest BCUT2D eigenvalue weighted by Gasteiger charge is -2.25. The van der Waals surface area contributed by atoms with Crippen LogP contribution >= 0.6 is 0 Å². The maximum absolute atomic E-state index is 15.2. The normalized spacial score (nSPS) is 15.2. The molecule has 4 aromatic carbocycles. The molecule has 3 unspecified atom stereocenters. The van der Waals surface area contributed by atoms with E-state index >= 15 is 8.78 Å². The van der Waals surface area contributed by atoms with Gasteiger partial charge in [0.2, 0.25) is 0 Å². The van der Waals surface area contributed by atoms with Crippen LogP contribution in [-0.2, 0) is 31.0 Å². The fraction of sp³-hybridized carbons (Fsp3) is 0.409. The second-order valence-corrected chi connectivity index (χ2v) is 20.5. The quantitative estimate of drug-likeness (QED) is 0.0769. The molecule has 0 aromatic heterocycles. The van der Waals surface area contributed by atoms with E-state index in [1.165, 1.54) is 48.5 Å². The molecular formula is C44H58F2N6O6S2. The summed E-state index contributed by atoms with van der Waals surface area (Å²) < 4.78 is 65.0. The summed E-state index contributed by atoms with van der Waals surface area (Å²) in [7, 11) is -7.43. The number of nitrogens with one attached hydrogen (secondary N) is 2. The molecule has 0 fully saturated rings. The highest BCUT2D eigenvalue weighted by Crippen LogP contribution is 2.40. The number of aliphatic hydroxyl groups is 2. The van der Waals surface area contributed by atoms with Crippen LogP contribution in [0.5, 0.6) is 0 Å². The Labute approximate surface area is 353 Å². The zero-order valence-corrected chi connectivity index (χ0v) is 37.4. The predicted molar refractivity (Wildman–Crippen MR) is 235 cm³/mol. The summed E-state index contributed by atoms with van der Waals surface area (Å²) in [6, 6.07) is 15.2. The van der Waals surface area contributed by atoms with Crippen molar-refractivity contribution in [2.75, 3.05) is 10.6 Å². The Balaban J connectivity index is 1.64. The van der Waals surface area contributed by atoms with Gasteiger partial charge in [-0.2, -0.15) is 0 Å². The van der Waals surface area contributed by atoms with E-state index in [4.69, 9.17) is 10.3 Å². The lowest BCUT2D eigenvalue weighted by molar-refractivity contribution is 0.0780. The van der Waals surface area contributed by atoms with Gasteiger partial charge in [-0.15, -0.1) is 8.73 Å². The number of carbonyl (C=O) groups is 2. The molecule has 4 amide bonds. The number of benzene rings is 4. The van der Waals surface area contributed by atoms with Crippen molar-refractivity contribution in [1.82, 2.24) is 0 Å². The predicted octanol–water partition coefficient (Wildman–Crippen LogP) is 10.2. The first-order valence-corrected chi connectivity index (χ1v) is 22.8. The third-order valence-corrected chi connectivity index (χ3v) is 13.1. The fourth-order valence-corrected chi connectivity index (χ4v) is 8.66. The van der Waals surface area contributed by atoms with E-state index in [-0.39, 0.29) is 33.5 Å². The Hall–Kier alpha value is -4.58. The van der Waals surface area contributed by atoms with Gasteiger partial charge in [-0.25, -0.2) is 37.1 Å². The molecule has 0 aliphatic carbocycles. The van der Waals surface area contributed by atoms with Crippen molar-refractivity contribution in [2.45, 2.75) is 127 Å². The average Bonchev–Trinajstić information content (AvgIpc) is 3.13. The van der Waals surface area contributed by atoms with Crippen LogP contribution in [0.4, 0.5) is 29.7 Å². The number of nitrogens with zero attached hydrogens (tertiary/aromatic N) is 2. The smallest absolute Gasteiger partial charge is 0.354 e. The Kier molecular flexibility index (Phi) is 14.9. The first kappa shape index (κ1) is 48.1. The summed E-state index contributed by atoms with van der Waals surface area (Å²) in [6.07, 6.45) is 0.817. The minimum absolute atomic E-state index is 0.0768. The summed E-state index contributed by atoms with van der Waals surface area (Å²) in [5, 5.41) is 38.1. The Morgan fingerprint density at radius 1 is 0.600 bits per heavy atom. The van der Waals surface area contributed by atoms with Gasteiger partial charge in [-0.05, 0) is 146 Å². The van der Waals surface area contributed by atoms with Crippen molar-refractivity contribution in [3.63, 3.8) is 0 Å². The molecule has 8 N–H and O–H groups in total. The van der Waals surface area contributed by atoms with E-state index in [2.05, 4.69) is 19.4 Å². The Morgan fingerprint density at radius 3 is 1.15 bits per heavy atom. The Morgan fingerprint density at radius 2 is 0.883 bits per heavy atom. The molecule has 0 aliphatic rings. The molecule has 4 rings (SSSR count). The first-order chi connectivity index (χ1) is 27.6. The van der Waals surface area contributed by atoms with Gasteiger partial charge >= 0.3 is 12.1 Å². The molecule has 60 heavy (non-hydrogen) atoms. The fourth-order valence-electron chi connectivity index (χ4n) is 6.81. The van der Waals surface area contributed by atoms with Crippen LogP contribution in [0.1, 0.15) is 139 Å². The molecule has 0 spiro atoms. The highest BCUT2D eigenvalue weighted by molar-refractivity contribution is 7.92. The van der Waals surface area contributed by atoms with Crippen molar-refractivity contribution in [2.24, 2.45) is 19.0 Å². The van der Waals surface area contributed by atoms with Crippen LogP contribution in [0, 0.1) is 11.6 Å². The monoisotopic (exact) mass is 868 g/mol. The van der Waals surface area contributed by atoms with E-state index in [9.17, 15) is 28.2 Å². The molecule has 0 saturated carbocycles. The van der Waals surface area contributed by atoms with Crippen molar-refractivity contribution in [3.8, 4) is 0 Å². The van der Waals surface area contributed by atoms with Crippen LogP contribution in [0.2, 0.25) is 0 Å². The summed E-state index contributed by atoms with van der Waals surface area (Å²) in [4.78, 5) is 26.9. The molecule has 0 heterocycles. The highest BCUT2D eigenvalue weighted by atomic mass is 32.2. The molecule has 0 aliphatic heterocycles. The number of anilines is 2. The minimum atomic E-state index is -3.72. The van der Waals surface area contributed by atoms with Crippen LogP contribution in [0.3, 0.4) is 0 Å². The standard InChI is InChI=1S/C44H58F2N6O6S2/c1-25(2)35-21-31(45)23-37(39(35)49-41(53)51-59(47,57)33-17-13-29(14-18-33)43(7,8)55)27(5)11-12-28(6)38-24-32(46)22-36(26(3)4)40(38)50-42(54)52-60(48,58)34-19-15-30(16-20-34)44(9,10)56/h13-28,55-56H,11-12H2,1-10H3,(H3,47,49,51,53,57)(H3,48,50,52,54,58)/t27?,28?,59-,60?/m1/s1. The third-order valence-electron chi connectivity index (χ3n) is 10.4. The number of urea groups is 2. The van der Waals surface area contributed by atoms with Gasteiger partial charge in [-0.3, -0.25) is 0 Å². The van der Waals surface area contributed by atoms with E-state index in [0.717, 1.165) is 0 Å². The average molecular weight is 869 g/mol. The van der Waals surface area contributed by atoms with E-state index in [0.29, 0.717) is 57.6 Å². The van der Waals surface area contributed by atoms with Gasteiger partial charge in [0.1, 0.15) is 31.5 Å². The van der Waals surface area contributed by atoms with Crippen LogP contribution in [0.25, 0.3) is 0 Å². The largest absolute Gasteiger partial charge is 0.386 e. The van der Waals surface area contributed by atoms with Gasteiger partial charge in [0, 0.05) is 11.4 Å². The van der Waals surface area contributed by atoms with Gasteiger partial charge in [0.15, 0.2) is 0 Å². The van der Waals surface area contributed by atoms with Crippen molar-refractivity contribution >= 4 is 43.3 Å². The van der Waals surface area contributed by atoms with Crippen molar-refractivity contribution in [1.29, 1.82) is 0 Å². The third kappa shape index (κ3) is 12.0. The summed E-state index contributed by atoms with van der Waals surface area (Å²) in [5.41, 5.74) is 1.26. The van der Waals surface area contributed by atoms with E-state index in [1.54, 1.807) is 52.0 Å². The molecule has 16 heteroatoms.